The SMILES string of the molecule is C=Cc1ccc(F)c(C(=O)NCc2ccccc2)c1F. The summed E-state index contributed by atoms with van der Waals surface area (Å²) in [5.41, 5.74) is 0.358. The number of rotatable bonds is 4. The van der Waals surface area contributed by atoms with Gasteiger partial charge in [0.1, 0.15) is 17.2 Å². The maximum atomic E-state index is 13.9. The number of hydrogen-bond acceptors (Lipinski definition) is 1. The van der Waals surface area contributed by atoms with Gasteiger partial charge in [-0.25, -0.2) is 8.78 Å². The molecule has 2 aromatic carbocycles. The minimum absolute atomic E-state index is 0.0938. The van der Waals surface area contributed by atoms with Gasteiger partial charge in [0.15, 0.2) is 0 Å². The second kappa shape index (κ2) is 6.10. The third-order valence-corrected chi connectivity index (χ3v) is 2.86. The molecule has 0 atom stereocenters. The van der Waals surface area contributed by atoms with Gasteiger partial charge in [0.05, 0.1) is 0 Å². The maximum absolute atomic E-state index is 13.9. The van der Waals surface area contributed by atoms with Crippen molar-refractivity contribution in [1.29, 1.82) is 0 Å². The molecule has 0 aliphatic rings. The molecule has 0 radical (unpaired) electrons. The highest BCUT2D eigenvalue weighted by atomic mass is 19.1. The first-order valence-electron chi connectivity index (χ1n) is 6.06. The van der Waals surface area contributed by atoms with Crippen molar-refractivity contribution in [3.05, 3.63) is 77.4 Å². The summed E-state index contributed by atoms with van der Waals surface area (Å²) in [4.78, 5) is 11.9. The van der Waals surface area contributed by atoms with Crippen molar-refractivity contribution in [3.8, 4) is 0 Å². The summed E-state index contributed by atoms with van der Waals surface area (Å²) in [5.74, 6) is -2.57. The van der Waals surface area contributed by atoms with E-state index in [1.807, 2.05) is 30.3 Å². The zero-order chi connectivity index (χ0) is 14.5. The van der Waals surface area contributed by atoms with E-state index in [-0.39, 0.29) is 12.1 Å². The molecule has 0 fully saturated rings. The van der Waals surface area contributed by atoms with Gasteiger partial charge in [-0.3, -0.25) is 4.79 Å². The van der Waals surface area contributed by atoms with Gasteiger partial charge in [-0.15, -0.1) is 0 Å². The lowest BCUT2D eigenvalue weighted by Gasteiger charge is -2.08. The fraction of sp³-hybridized carbons (Fsp3) is 0.0625. The number of carbonyl (C=O) groups excluding carboxylic acids is 1. The van der Waals surface area contributed by atoms with E-state index in [0.29, 0.717) is 0 Å². The molecule has 102 valence electrons. The number of carbonyl (C=O) groups is 1. The van der Waals surface area contributed by atoms with Gasteiger partial charge in [-0.2, -0.15) is 0 Å². The Morgan fingerprint density at radius 2 is 1.85 bits per heavy atom. The molecule has 1 amide bonds. The minimum Gasteiger partial charge on any atom is -0.348 e. The van der Waals surface area contributed by atoms with Gasteiger partial charge in [0.2, 0.25) is 0 Å². The fourth-order valence-electron chi connectivity index (χ4n) is 1.80. The van der Waals surface area contributed by atoms with E-state index >= 15 is 0 Å². The van der Waals surface area contributed by atoms with Gasteiger partial charge < -0.3 is 5.32 Å². The van der Waals surface area contributed by atoms with Crippen LogP contribution in [0.5, 0.6) is 0 Å². The molecule has 0 bridgehead atoms. The molecule has 0 aliphatic heterocycles. The molecule has 20 heavy (non-hydrogen) atoms. The average Bonchev–Trinajstić information content (AvgIpc) is 2.46. The standard InChI is InChI=1S/C16H13F2NO/c1-2-12-8-9-13(17)14(15(12)18)16(20)19-10-11-6-4-3-5-7-11/h2-9H,1,10H2,(H,19,20). The molecular formula is C16H13F2NO. The van der Waals surface area contributed by atoms with Crippen LogP contribution >= 0.6 is 0 Å². The number of nitrogens with one attached hydrogen (secondary N) is 1. The Kier molecular flexibility index (Phi) is 4.25. The summed E-state index contributed by atoms with van der Waals surface area (Å²) in [5, 5.41) is 2.49. The number of amides is 1. The monoisotopic (exact) mass is 273 g/mol. The van der Waals surface area contributed by atoms with Gasteiger partial charge in [0.25, 0.3) is 5.91 Å². The minimum atomic E-state index is -0.898. The van der Waals surface area contributed by atoms with Crippen LogP contribution < -0.4 is 5.32 Å². The van der Waals surface area contributed by atoms with Gasteiger partial charge in [-0.1, -0.05) is 43.0 Å². The quantitative estimate of drug-likeness (QED) is 0.907. The maximum Gasteiger partial charge on any atom is 0.257 e. The van der Waals surface area contributed by atoms with Crippen molar-refractivity contribution >= 4 is 12.0 Å². The van der Waals surface area contributed by atoms with Crippen molar-refractivity contribution in [3.63, 3.8) is 0 Å². The van der Waals surface area contributed by atoms with Crippen LogP contribution in [0.2, 0.25) is 0 Å². The molecule has 4 heteroatoms. The first kappa shape index (κ1) is 13.9. The third kappa shape index (κ3) is 2.91. The number of hydrogen-bond donors (Lipinski definition) is 1. The lowest BCUT2D eigenvalue weighted by Crippen LogP contribution is -2.25. The first-order chi connectivity index (χ1) is 9.63. The Morgan fingerprint density at radius 1 is 1.15 bits per heavy atom. The van der Waals surface area contributed by atoms with E-state index in [2.05, 4.69) is 11.9 Å². The van der Waals surface area contributed by atoms with Crippen LogP contribution in [0.3, 0.4) is 0 Å². The molecule has 0 aromatic heterocycles. The third-order valence-electron chi connectivity index (χ3n) is 2.86. The molecule has 0 unspecified atom stereocenters. The smallest absolute Gasteiger partial charge is 0.257 e. The van der Waals surface area contributed by atoms with Crippen molar-refractivity contribution in [2.75, 3.05) is 0 Å². The van der Waals surface area contributed by atoms with Crippen molar-refractivity contribution in [1.82, 2.24) is 5.32 Å². The van der Waals surface area contributed by atoms with E-state index in [1.165, 1.54) is 12.1 Å². The molecule has 2 rings (SSSR count). The van der Waals surface area contributed by atoms with Crippen molar-refractivity contribution in [2.24, 2.45) is 0 Å². The van der Waals surface area contributed by atoms with Crippen LogP contribution in [0.1, 0.15) is 21.5 Å². The van der Waals surface area contributed by atoms with Crippen LogP contribution in [0.15, 0.2) is 49.0 Å². The summed E-state index contributed by atoms with van der Waals surface area (Å²) in [6.07, 6.45) is 1.24. The van der Waals surface area contributed by atoms with E-state index in [0.717, 1.165) is 11.6 Å². The Hall–Kier alpha value is -2.49. The van der Waals surface area contributed by atoms with E-state index in [4.69, 9.17) is 0 Å². The number of benzene rings is 2. The summed E-state index contributed by atoms with van der Waals surface area (Å²) in [6.45, 7) is 3.63. The van der Waals surface area contributed by atoms with E-state index in [1.54, 1.807) is 0 Å². The van der Waals surface area contributed by atoms with Gasteiger partial charge >= 0.3 is 0 Å². The molecule has 1 N–H and O–H groups in total. The highest BCUT2D eigenvalue weighted by Gasteiger charge is 2.19. The summed E-state index contributed by atoms with van der Waals surface area (Å²) in [6, 6.07) is 11.4. The second-order valence-electron chi connectivity index (χ2n) is 4.20. The van der Waals surface area contributed by atoms with Crippen LogP contribution in [0.4, 0.5) is 8.78 Å². The lowest BCUT2D eigenvalue weighted by molar-refractivity contribution is 0.0942. The van der Waals surface area contributed by atoms with Crippen molar-refractivity contribution < 1.29 is 13.6 Å². The van der Waals surface area contributed by atoms with Gasteiger partial charge in [0, 0.05) is 12.1 Å². The van der Waals surface area contributed by atoms with Gasteiger partial charge in [-0.05, 0) is 17.7 Å². The summed E-state index contributed by atoms with van der Waals surface area (Å²) in [7, 11) is 0. The van der Waals surface area contributed by atoms with E-state index < -0.39 is 23.1 Å². The summed E-state index contributed by atoms with van der Waals surface area (Å²) < 4.78 is 27.5. The topological polar surface area (TPSA) is 29.1 Å². The lowest BCUT2D eigenvalue weighted by atomic mass is 10.1. The Morgan fingerprint density at radius 3 is 2.50 bits per heavy atom. The molecule has 2 aromatic rings. The second-order valence-corrected chi connectivity index (χ2v) is 4.20. The molecule has 0 spiro atoms. The molecule has 2 nitrogen and oxygen atoms in total. The van der Waals surface area contributed by atoms with Crippen molar-refractivity contribution in [2.45, 2.75) is 6.54 Å². The summed E-state index contributed by atoms with van der Waals surface area (Å²) >= 11 is 0. The predicted molar refractivity (Wildman–Crippen MR) is 74.1 cm³/mol. The predicted octanol–water partition coefficient (Wildman–Crippen LogP) is 3.54. The average molecular weight is 273 g/mol. The zero-order valence-electron chi connectivity index (χ0n) is 10.7. The molecule has 0 saturated carbocycles. The normalized spacial score (nSPS) is 10.1. The molecule has 0 aliphatic carbocycles. The Labute approximate surface area is 115 Å². The van der Waals surface area contributed by atoms with Crippen LogP contribution in [-0.4, -0.2) is 5.91 Å². The van der Waals surface area contributed by atoms with Crippen LogP contribution in [0, 0.1) is 11.6 Å². The van der Waals surface area contributed by atoms with E-state index in [9.17, 15) is 13.6 Å². The fourth-order valence-corrected chi connectivity index (χ4v) is 1.80. The molecule has 0 saturated heterocycles. The van der Waals surface area contributed by atoms with Crippen LogP contribution in [-0.2, 0) is 6.54 Å². The zero-order valence-corrected chi connectivity index (χ0v) is 10.7. The number of halogens is 2. The molecular weight excluding hydrogens is 260 g/mol. The molecule has 0 heterocycles. The first-order valence-corrected chi connectivity index (χ1v) is 6.06. The largest absolute Gasteiger partial charge is 0.348 e. The van der Waals surface area contributed by atoms with Crippen LogP contribution in [0.25, 0.3) is 6.08 Å². The highest BCUT2D eigenvalue weighted by molar-refractivity contribution is 5.95. The Bertz CT molecular complexity index is 638. The Balaban J connectivity index is 2.19. The highest BCUT2D eigenvalue weighted by Crippen LogP contribution is 2.18.